The lowest BCUT2D eigenvalue weighted by Crippen LogP contribution is -2.42. The van der Waals surface area contributed by atoms with Gasteiger partial charge in [0.25, 0.3) is 11.8 Å². The number of benzene rings is 6. The number of aromatic amines is 2. The highest BCUT2D eigenvalue weighted by atomic mass is 16.5. The summed E-state index contributed by atoms with van der Waals surface area (Å²) in [7, 11) is 2.57. The number of likely N-dealkylation sites (tertiary alicyclic amines) is 2. The van der Waals surface area contributed by atoms with E-state index in [9.17, 15) is 19.2 Å². The predicted octanol–water partition coefficient (Wildman–Crippen LogP) is 9.45. The number of amides is 4. The maximum Gasteiger partial charge on any atom is 0.407 e. The Morgan fingerprint density at radius 3 is 1.35 bits per heavy atom. The van der Waals surface area contributed by atoms with Crippen molar-refractivity contribution < 1.29 is 28.7 Å². The van der Waals surface area contributed by atoms with E-state index in [4.69, 9.17) is 19.4 Å². The van der Waals surface area contributed by atoms with Crippen LogP contribution in [-0.2, 0) is 19.1 Å². The van der Waals surface area contributed by atoms with Crippen LogP contribution in [0, 0.1) is 0 Å². The van der Waals surface area contributed by atoms with Crippen LogP contribution in [0.4, 0.5) is 9.59 Å². The van der Waals surface area contributed by atoms with Crippen LogP contribution in [0.3, 0.4) is 0 Å². The van der Waals surface area contributed by atoms with E-state index in [1.165, 1.54) is 14.2 Å². The van der Waals surface area contributed by atoms with Gasteiger partial charge in [-0.3, -0.25) is 9.59 Å². The van der Waals surface area contributed by atoms with Gasteiger partial charge >= 0.3 is 12.2 Å². The van der Waals surface area contributed by atoms with Crippen LogP contribution in [0.1, 0.15) is 72.6 Å². The smallest absolute Gasteiger partial charge is 0.407 e. The number of fused-ring (bicyclic) bond motifs is 3. The first-order valence-electron chi connectivity index (χ1n) is 22.2. The number of ether oxygens (including phenoxy) is 2. The minimum Gasteiger partial charge on any atom is -0.453 e. The van der Waals surface area contributed by atoms with E-state index in [1.807, 2.05) is 72.8 Å². The summed E-state index contributed by atoms with van der Waals surface area (Å²) in [5.74, 6) is 1.01. The molecule has 4 N–H and O–H groups in total. The summed E-state index contributed by atoms with van der Waals surface area (Å²) in [6, 6.07) is 41.4. The number of aromatic nitrogens is 4. The number of hydrogen-bond acceptors (Lipinski definition) is 8. The van der Waals surface area contributed by atoms with E-state index in [-0.39, 0.29) is 23.9 Å². The van der Waals surface area contributed by atoms with Gasteiger partial charge in [-0.05, 0) is 106 Å². The lowest BCUT2D eigenvalue weighted by molar-refractivity contribution is -0.135. The van der Waals surface area contributed by atoms with Crippen molar-refractivity contribution in [3.63, 3.8) is 0 Å². The molecule has 0 saturated carbocycles. The van der Waals surface area contributed by atoms with Gasteiger partial charge in [0.1, 0.15) is 23.7 Å². The Morgan fingerprint density at radius 1 is 0.545 bits per heavy atom. The fourth-order valence-corrected chi connectivity index (χ4v) is 9.52. The molecule has 332 valence electrons. The molecule has 10 rings (SSSR count). The number of methoxy groups -OCH3 is 2. The SMILES string of the molecule is COC(=O)N[C@@H](C(=O)N1CCC[C@H]1c1nc2ccc(-c3ccc4cc(-c5ccc6nc([C@@H]7CCCN7C(=O)[C@H](NC(=O)OC)c7ccccc7)[nH]c6c5)ccc4c3)cc2[nH]1)c1ccccc1. The fourth-order valence-electron chi connectivity index (χ4n) is 9.52. The zero-order chi connectivity index (χ0) is 45.3. The second-order valence-electron chi connectivity index (χ2n) is 16.8. The highest BCUT2D eigenvalue weighted by Crippen LogP contribution is 2.37. The molecule has 14 nitrogen and oxygen atoms in total. The molecule has 4 amide bonds. The molecule has 14 heteroatoms. The fraction of sp³-hybridized carbons (Fsp3) is 0.231. The Morgan fingerprint density at radius 2 is 0.939 bits per heavy atom. The maximum absolute atomic E-state index is 14.0. The Balaban J connectivity index is 0.860. The molecule has 2 saturated heterocycles. The molecule has 4 atom stereocenters. The van der Waals surface area contributed by atoms with Crippen LogP contribution >= 0.6 is 0 Å². The number of carbonyl (C=O) groups is 4. The first kappa shape index (κ1) is 42.0. The zero-order valence-electron chi connectivity index (χ0n) is 36.5. The van der Waals surface area contributed by atoms with Crippen molar-refractivity contribution in [1.29, 1.82) is 0 Å². The van der Waals surface area contributed by atoms with E-state index in [1.54, 1.807) is 9.80 Å². The molecule has 2 aliphatic heterocycles. The first-order chi connectivity index (χ1) is 32.2. The third kappa shape index (κ3) is 8.17. The molecule has 0 unspecified atom stereocenters. The van der Waals surface area contributed by atoms with Gasteiger partial charge in [-0.25, -0.2) is 19.6 Å². The molecular formula is C52H48N8O6. The Kier molecular flexibility index (Phi) is 11.4. The van der Waals surface area contributed by atoms with Crippen LogP contribution in [0.15, 0.2) is 133 Å². The van der Waals surface area contributed by atoms with Gasteiger partial charge in [-0.2, -0.15) is 0 Å². The molecule has 0 radical (unpaired) electrons. The quantitative estimate of drug-likeness (QED) is 0.105. The van der Waals surface area contributed by atoms with Crippen molar-refractivity contribution in [1.82, 2.24) is 40.4 Å². The normalized spacial score (nSPS) is 16.9. The highest BCUT2D eigenvalue weighted by Gasteiger charge is 2.38. The Bertz CT molecular complexity index is 2910. The summed E-state index contributed by atoms with van der Waals surface area (Å²) in [5.41, 5.74) is 8.93. The van der Waals surface area contributed by atoms with Crippen LogP contribution < -0.4 is 10.6 Å². The van der Waals surface area contributed by atoms with Crippen molar-refractivity contribution in [2.45, 2.75) is 49.9 Å². The molecule has 2 aliphatic rings. The average molecular weight is 881 g/mol. The molecule has 0 bridgehead atoms. The van der Waals surface area contributed by atoms with Crippen molar-refractivity contribution in [3.05, 3.63) is 156 Å². The van der Waals surface area contributed by atoms with Gasteiger partial charge in [-0.1, -0.05) is 97.1 Å². The summed E-state index contributed by atoms with van der Waals surface area (Å²) < 4.78 is 9.72. The molecule has 8 aromatic rings. The van der Waals surface area contributed by atoms with Gasteiger partial charge in [0.2, 0.25) is 0 Å². The monoisotopic (exact) mass is 880 g/mol. The summed E-state index contributed by atoms with van der Waals surface area (Å²) in [4.78, 5) is 73.2. The largest absolute Gasteiger partial charge is 0.453 e. The first-order valence-corrected chi connectivity index (χ1v) is 22.2. The summed E-state index contributed by atoms with van der Waals surface area (Å²) >= 11 is 0. The number of imidazole rings is 2. The average Bonchev–Trinajstić information content (AvgIpc) is 4.20. The summed E-state index contributed by atoms with van der Waals surface area (Å²) in [6.45, 7) is 1.10. The van der Waals surface area contributed by atoms with Gasteiger partial charge in [0.05, 0.1) is 48.4 Å². The van der Waals surface area contributed by atoms with E-state index in [2.05, 4.69) is 81.3 Å². The van der Waals surface area contributed by atoms with Gasteiger partial charge in [0, 0.05) is 13.1 Å². The number of carbonyl (C=O) groups excluding carboxylic acids is 4. The van der Waals surface area contributed by atoms with Crippen molar-refractivity contribution >= 4 is 56.8 Å². The van der Waals surface area contributed by atoms with Crippen LogP contribution in [0.2, 0.25) is 0 Å². The molecule has 2 aromatic heterocycles. The topological polar surface area (TPSA) is 175 Å². The third-order valence-electron chi connectivity index (χ3n) is 12.9. The predicted molar refractivity (Wildman–Crippen MR) is 251 cm³/mol. The summed E-state index contributed by atoms with van der Waals surface area (Å²) in [6.07, 6.45) is 1.78. The number of nitrogens with zero attached hydrogens (tertiary/aromatic N) is 4. The van der Waals surface area contributed by atoms with Crippen LogP contribution in [0.5, 0.6) is 0 Å². The number of nitrogens with one attached hydrogen (secondary N) is 4. The van der Waals surface area contributed by atoms with Crippen molar-refractivity contribution in [2.75, 3.05) is 27.3 Å². The molecular weight excluding hydrogens is 833 g/mol. The molecule has 66 heavy (non-hydrogen) atoms. The minimum absolute atomic E-state index is 0.211. The zero-order valence-corrected chi connectivity index (χ0v) is 36.5. The van der Waals surface area contributed by atoms with Crippen molar-refractivity contribution in [2.24, 2.45) is 0 Å². The number of H-pyrrole nitrogens is 2. The second-order valence-corrected chi connectivity index (χ2v) is 16.8. The number of hydrogen-bond donors (Lipinski definition) is 4. The lowest BCUT2D eigenvalue weighted by atomic mass is 9.97. The third-order valence-corrected chi connectivity index (χ3v) is 12.9. The number of rotatable bonds is 10. The van der Waals surface area contributed by atoms with Crippen molar-refractivity contribution in [3.8, 4) is 22.3 Å². The summed E-state index contributed by atoms with van der Waals surface area (Å²) in [5, 5.41) is 7.66. The van der Waals surface area contributed by atoms with Gasteiger partial charge in [-0.15, -0.1) is 0 Å². The van der Waals surface area contributed by atoms with E-state index < -0.39 is 24.3 Å². The molecule has 0 spiro atoms. The standard InChI is InChI=1S/C52H48N8O6/c1-65-51(63)57-45(31-11-5-3-6-12-31)49(61)59-25-9-15-43(59)47-53-39-23-21-37(29-41(39)55-47)35-19-17-34-28-36(20-18-33(34)27-35)38-22-24-40-42(30-38)56-48(54-40)44-16-10-26-60(44)50(62)46(58-52(64)66-2)32-13-7-4-8-14-32/h3-8,11-14,17-24,27-30,43-46H,9-10,15-16,25-26H2,1-2H3,(H,53,55)(H,54,56)(H,57,63)(H,58,64)/t43-,44-,45+,46+/m0/s1. The van der Waals surface area contributed by atoms with E-state index in [0.29, 0.717) is 35.9 Å². The minimum atomic E-state index is -0.888. The maximum atomic E-state index is 14.0. The lowest BCUT2D eigenvalue weighted by Gasteiger charge is -2.28. The Labute approximate surface area is 380 Å². The Hall–Kier alpha value is -8.00. The van der Waals surface area contributed by atoms with E-state index in [0.717, 1.165) is 80.8 Å². The van der Waals surface area contributed by atoms with Crippen LogP contribution in [0.25, 0.3) is 55.1 Å². The van der Waals surface area contributed by atoms with Gasteiger partial charge < -0.3 is 39.9 Å². The highest BCUT2D eigenvalue weighted by molar-refractivity contribution is 5.94. The van der Waals surface area contributed by atoms with Crippen LogP contribution in [-0.4, -0.2) is 81.0 Å². The molecule has 0 aliphatic carbocycles. The molecule has 2 fully saturated rings. The number of alkyl carbamates (subject to hydrolysis) is 2. The molecule has 4 heterocycles. The van der Waals surface area contributed by atoms with Gasteiger partial charge in [0.15, 0.2) is 0 Å². The molecule has 6 aromatic carbocycles. The van der Waals surface area contributed by atoms with E-state index >= 15 is 0 Å². The second kappa shape index (κ2) is 17.9.